The molecular formula is C21H24ClFO5S. The minimum Gasteiger partial charge on any atom is -0.388 e. The zero-order chi connectivity index (χ0) is 21.4. The number of aryl methyl sites for hydroxylation is 1. The highest BCUT2D eigenvalue weighted by Crippen LogP contribution is 2.50. The minimum absolute atomic E-state index is 0.00123. The molecule has 1 unspecified atom stereocenters. The Balaban J connectivity index is 1.95. The van der Waals surface area contributed by atoms with E-state index in [4.69, 9.17) is 16.3 Å². The van der Waals surface area contributed by atoms with Crippen molar-refractivity contribution in [2.45, 2.75) is 49.1 Å². The molecule has 1 aliphatic carbocycles. The number of halogens is 2. The molecule has 1 atom stereocenters. The first-order chi connectivity index (χ1) is 13.5. The van der Waals surface area contributed by atoms with Gasteiger partial charge < -0.3 is 9.84 Å². The monoisotopic (exact) mass is 442 g/mol. The first kappa shape index (κ1) is 22.2. The van der Waals surface area contributed by atoms with E-state index >= 15 is 0 Å². The van der Waals surface area contributed by atoms with Crippen LogP contribution >= 0.6 is 11.6 Å². The highest BCUT2D eigenvalue weighted by Gasteiger charge is 2.52. The Morgan fingerprint density at radius 1 is 1.10 bits per heavy atom. The van der Waals surface area contributed by atoms with Gasteiger partial charge in [-0.2, -0.15) is 8.42 Å². The molecule has 0 aromatic heterocycles. The van der Waals surface area contributed by atoms with Crippen molar-refractivity contribution in [1.29, 1.82) is 0 Å². The van der Waals surface area contributed by atoms with Crippen LogP contribution in [0.2, 0.25) is 5.02 Å². The highest BCUT2D eigenvalue weighted by atomic mass is 35.5. The molecule has 2 aromatic rings. The first-order valence-corrected chi connectivity index (χ1v) is 11.1. The third kappa shape index (κ3) is 4.34. The third-order valence-corrected chi connectivity index (χ3v) is 7.44. The summed E-state index contributed by atoms with van der Waals surface area (Å²) in [4.78, 5) is 0. The number of methoxy groups -OCH3 is 1. The summed E-state index contributed by atoms with van der Waals surface area (Å²) in [5, 5.41) is 10.0. The standard InChI is InChI=1S/C21H24ClFO5S/c1-14-3-5-15(6-4-14)19(29(25,26)27)20(24)9-11-21(28-2,12-10-20)17-8-7-16(22)13-18(17)23/h3-8,13,19,24H,9-12H2,1-2H3,(H,25,26,27). The molecule has 3 rings (SSSR count). The van der Waals surface area contributed by atoms with Gasteiger partial charge in [-0.25, -0.2) is 4.39 Å². The van der Waals surface area contributed by atoms with Crippen molar-refractivity contribution < 1.29 is 27.2 Å². The summed E-state index contributed by atoms with van der Waals surface area (Å²) in [6, 6.07) is 10.9. The van der Waals surface area contributed by atoms with Gasteiger partial charge in [0.1, 0.15) is 11.1 Å². The summed E-state index contributed by atoms with van der Waals surface area (Å²) in [5.41, 5.74) is -1.19. The van der Waals surface area contributed by atoms with E-state index in [2.05, 4.69) is 0 Å². The molecular weight excluding hydrogens is 419 g/mol. The number of benzene rings is 2. The number of hydrogen-bond donors (Lipinski definition) is 2. The number of hydrogen-bond acceptors (Lipinski definition) is 4. The topological polar surface area (TPSA) is 83.8 Å². The molecule has 158 valence electrons. The Hall–Kier alpha value is -1.51. The van der Waals surface area contributed by atoms with Gasteiger partial charge in [0.15, 0.2) is 0 Å². The number of rotatable bonds is 5. The van der Waals surface area contributed by atoms with Gasteiger partial charge in [-0.1, -0.05) is 47.5 Å². The lowest BCUT2D eigenvalue weighted by atomic mass is 9.70. The van der Waals surface area contributed by atoms with Crippen LogP contribution in [0.1, 0.15) is 47.6 Å². The second-order valence-electron chi connectivity index (χ2n) is 7.73. The molecule has 2 N–H and O–H groups in total. The van der Waals surface area contributed by atoms with Crippen LogP contribution in [0.15, 0.2) is 42.5 Å². The lowest BCUT2D eigenvalue weighted by molar-refractivity contribution is -0.108. The second kappa shape index (κ2) is 7.96. The predicted octanol–water partition coefficient (Wildman–Crippen LogP) is 4.56. The van der Waals surface area contributed by atoms with Gasteiger partial charge >= 0.3 is 0 Å². The van der Waals surface area contributed by atoms with Crippen LogP contribution in [-0.4, -0.2) is 30.8 Å². The fourth-order valence-corrected chi connectivity index (χ4v) is 5.74. The zero-order valence-corrected chi connectivity index (χ0v) is 17.8. The Bertz CT molecular complexity index is 983. The van der Waals surface area contributed by atoms with Gasteiger partial charge in [0.25, 0.3) is 10.1 Å². The maximum Gasteiger partial charge on any atom is 0.274 e. The average Bonchev–Trinajstić information content (AvgIpc) is 2.64. The Kier molecular flexibility index (Phi) is 6.09. The van der Waals surface area contributed by atoms with Gasteiger partial charge in [-0.15, -0.1) is 0 Å². The molecule has 1 fully saturated rings. The summed E-state index contributed by atoms with van der Waals surface area (Å²) < 4.78 is 54.5. The largest absolute Gasteiger partial charge is 0.388 e. The average molecular weight is 443 g/mol. The van der Waals surface area contributed by atoms with Gasteiger partial charge in [-0.05, 0) is 50.3 Å². The Labute approximate surface area is 175 Å². The van der Waals surface area contributed by atoms with E-state index < -0.39 is 32.4 Å². The predicted molar refractivity (Wildman–Crippen MR) is 109 cm³/mol. The second-order valence-corrected chi connectivity index (χ2v) is 9.67. The van der Waals surface area contributed by atoms with Crippen molar-refractivity contribution in [3.8, 4) is 0 Å². The molecule has 5 nitrogen and oxygen atoms in total. The Morgan fingerprint density at radius 2 is 1.69 bits per heavy atom. The van der Waals surface area contributed by atoms with Crippen LogP contribution < -0.4 is 0 Å². The van der Waals surface area contributed by atoms with Crippen LogP contribution in [0.5, 0.6) is 0 Å². The molecule has 0 radical (unpaired) electrons. The normalized spacial score (nSPS) is 26.3. The molecule has 0 saturated heterocycles. The van der Waals surface area contributed by atoms with E-state index in [1.54, 1.807) is 36.4 Å². The van der Waals surface area contributed by atoms with Crippen LogP contribution in [0.4, 0.5) is 4.39 Å². The van der Waals surface area contributed by atoms with E-state index in [1.807, 2.05) is 6.92 Å². The quantitative estimate of drug-likeness (QED) is 0.663. The number of aliphatic hydroxyl groups is 1. The molecule has 0 heterocycles. The summed E-state index contributed by atoms with van der Waals surface area (Å²) in [7, 11) is -3.14. The fraction of sp³-hybridized carbons (Fsp3) is 0.429. The van der Waals surface area contributed by atoms with E-state index in [-0.39, 0.29) is 30.7 Å². The lowest BCUT2D eigenvalue weighted by Gasteiger charge is -2.45. The van der Waals surface area contributed by atoms with Gasteiger partial charge in [0, 0.05) is 17.7 Å². The van der Waals surface area contributed by atoms with Gasteiger partial charge in [0.2, 0.25) is 0 Å². The summed E-state index contributed by atoms with van der Waals surface area (Å²) in [6.07, 6.45) is 0.356. The zero-order valence-electron chi connectivity index (χ0n) is 16.2. The smallest absolute Gasteiger partial charge is 0.274 e. The molecule has 1 saturated carbocycles. The highest BCUT2D eigenvalue weighted by molar-refractivity contribution is 7.86. The fourth-order valence-electron chi connectivity index (χ4n) is 4.29. The molecule has 2 aromatic carbocycles. The van der Waals surface area contributed by atoms with Gasteiger partial charge in [0.05, 0.1) is 11.2 Å². The van der Waals surface area contributed by atoms with Crippen molar-refractivity contribution in [1.82, 2.24) is 0 Å². The maximum absolute atomic E-state index is 14.5. The van der Waals surface area contributed by atoms with E-state index in [0.29, 0.717) is 11.1 Å². The van der Waals surface area contributed by atoms with Crippen LogP contribution in [0.3, 0.4) is 0 Å². The molecule has 29 heavy (non-hydrogen) atoms. The summed E-state index contributed by atoms with van der Waals surface area (Å²) in [5.74, 6) is -0.519. The van der Waals surface area contributed by atoms with Crippen LogP contribution in [0.25, 0.3) is 0 Å². The van der Waals surface area contributed by atoms with E-state index in [9.17, 15) is 22.5 Å². The number of ether oxygens (including phenoxy) is 1. The van der Waals surface area contributed by atoms with E-state index in [0.717, 1.165) is 5.56 Å². The molecule has 0 spiro atoms. The molecule has 0 amide bonds. The molecule has 8 heteroatoms. The lowest BCUT2D eigenvalue weighted by Crippen LogP contribution is -2.48. The molecule has 0 bridgehead atoms. The van der Waals surface area contributed by atoms with Crippen molar-refractivity contribution >= 4 is 21.7 Å². The van der Waals surface area contributed by atoms with Crippen LogP contribution in [0, 0.1) is 12.7 Å². The third-order valence-electron chi connectivity index (χ3n) is 5.90. The molecule has 1 aliphatic rings. The SMILES string of the molecule is COC1(c2ccc(Cl)cc2F)CCC(O)(C(c2ccc(C)cc2)S(=O)(=O)O)CC1. The Morgan fingerprint density at radius 3 is 2.17 bits per heavy atom. The summed E-state index contributed by atoms with van der Waals surface area (Å²) in [6.45, 7) is 1.86. The van der Waals surface area contributed by atoms with Crippen molar-refractivity contribution in [2.24, 2.45) is 0 Å². The van der Waals surface area contributed by atoms with Crippen molar-refractivity contribution in [2.75, 3.05) is 7.11 Å². The van der Waals surface area contributed by atoms with Gasteiger partial charge in [-0.3, -0.25) is 4.55 Å². The van der Waals surface area contributed by atoms with Crippen LogP contribution in [-0.2, 0) is 20.5 Å². The van der Waals surface area contributed by atoms with Crippen molar-refractivity contribution in [3.63, 3.8) is 0 Å². The summed E-state index contributed by atoms with van der Waals surface area (Å²) >= 11 is 5.85. The van der Waals surface area contributed by atoms with Crippen molar-refractivity contribution in [3.05, 3.63) is 70.0 Å². The molecule has 0 aliphatic heterocycles. The first-order valence-electron chi connectivity index (χ1n) is 9.27. The maximum atomic E-state index is 14.5. The minimum atomic E-state index is -4.59. The van der Waals surface area contributed by atoms with E-state index in [1.165, 1.54) is 13.2 Å².